The molecular weight excluding hydrogens is 779 g/mol. The minimum absolute atomic E-state index is 0.282. The van der Waals surface area contributed by atoms with Crippen molar-refractivity contribution in [1.82, 2.24) is 20.4 Å². The summed E-state index contributed by atoms with van der Waals surface area (Å²) in [6.07, 6.45) is 1.28. The van der Waals surface area contributed by atoms with Crippen molar-refractivity contribution in [3.63, 3.8) is 0 Å². The lowest BCUT2D eigenvalue weighted by atomic mass is 10.0. The van der Waals surface area contributed by atoms with Crippen molar-refractivity contribution in [2.75, 3.05) is 42.8 Å². The Kier molecular flexibility index (Phi) is 14.9. The summed E-state index contributed by atoms with van der Waals surface area (Å²) in [6, 6.07) is 31.0. The van der Waals surface area contributed by atoms with Gasteiger partial charge in [0.1, 0.15) is 24.2 Å². The van der Waals surface area contributed by atoms with Crippen LogP contribution in [0.25, 0.3) is 0 Å². The SMILES string of the molecule is CC[C@H](NC(=O)OC)C(=O)N1CCC[C@H]1C(=O)Nc1ccc(CN(Cc2ccc(NC(=O)[C@@H]3CCCN3C(=O)[C@H](NC(=O)OC)c3ccccc3)cc2)c2ccccc2)cc1. The maximum absolute atomic E-state index is 13.8. The zero-order valence-electron chi connectivity index (χ0n) is 34.7. The van der Waals surface area contributed by atoms with Gasteiger partial charge in [-0.25, -0.2) is 9.59 Å². The highest BCUT2D eigenvalue weighted by molar-refractivity contribution is 5.99. The van der Waals surface area contributed by atoms with Crippen LogP contribution in [0.4, 0.5) is 26.7 Å². The van der Waals surface area contributed by atoms with E-state index in [4.69, 9.17) is 4.74 Å². The Balaban J connectivity index is 1.07. The molecule has 2 heterocycles. The molecule has 15 heteroatoms. The number of ether oxygens (including phenoxy) is 2. The van der Waals surface area contributed by atoms with Crippen LogP contribution in [0.2, 0.25) is 0 Å². The molecule has 0 saturated carbocycles. The Morgan fingerprint density at radius 2 is 1.08 bits per heavy atom. The Labute approximate surface area is 355 Å². The minimum atomic E-state index is -1.00. The van der Waals surface area contributed by atoms with Crippen LogP contribution in [0.3, 0.4) is 0 Å². The molecule has 15 nitrogen and oxygen atoms in total. The molecule has 2 saturated heterocycles. The molecule has 0 radical (unpaired) electrons. The molecular formula is C46H53N7O8. The number of carbonyl (C=O) groups is 6. The van der Waals surface area contributed by atoms with Gasteiger partial charge in [0.2, 0.25) is 17.7 Å². The van der Waals surface area contributed by atoms with Crippen LogP contribution in [0.1, 0.15) is 61.8 Å². The second-order valence-electron chi connectivity index (χ2n) is 15.0. The van der Waals surface area contributed by atoms with Crippen molar-refractivity contribution in [3.8, 4) is 0 Å². The van der Waals surface area contributed by atoms with Gasteiger partial charge in [-0.05, 0) is 85.2 Å². The largest absolute Gasteiger partial charge is 0.453 e. The van der Waals surface area contributed by atoms with E-state index < -0.39 is 36.4 Å². The minimum Gasteiger partial charge on any atom is -0.453 e. The first-order chi connectivity index (χ1) is 29.6. The van der Waals surface area contributed by atoms with Crippen LogP contribution in [0.15, 0.2) is 109 Å². The number of likely N-dealkylation sites (tertiary alicyclic amines) is 2. The smallest absolute Gasteiger partial charge is 0.407 e. The normalized spacial score (nSPS) is 16.8. The molecule has 4 atom stereocenters. The van der Waals surface area contributed by atoms with E-state index in [9.17, 15) is 28.8 Å². The summed E-state index contributed by atoms with van der Waals surface area (Å²) in [4.78, 5) is 83.3. The van der Waals surface area contributed by atoms with Crippen LogP contribution in [-0.2, 0) is 41.7 Å². The molecule has 0 aliphatic carbocycles. The van der Waals surface area contributed by atoms with Crippen LogP contribution in [0, 0.1) is 0 Å². The lowest BCUT2D eigenvalue weighted by molar-refractivity contribution is -0.138. The zero-order valence-corrected chi connectivity index (χ0v) is 34.7. The number of alkyl carbamates (subject to hydrolysis) is 2. The molecule has 0 spiro atoms. The van der Waals surface area contributed by atoms with Gasteiger partial charge in [0, 0.05) is 43.2 Å². The van der Waals surface area contributed by atoms with E-state index in [2.05, 4.69) is 30.9 Å². The predicted octanol–water partition coefficient (Wildman–Crippen LogP) is 5.98. The fourth-order valence-corrected chi connectivity index (χ4v) is 7.78. The third kappa shape index (κ3) is 11.2. The monoisotopic (exact) mass is 831 g/mol. The second-order valence-corrected chi connectivity index (χ2v) is 15.0. The molecule has 4 aromatic rings. The summed E-state index contributed by atoms with van der Waals surface area (Å²) in [5.74, 6) is -1.28. The van der Waals surface area contributed by atoms with Crippen molar-refractivity contribution in [2.24, 2.45) is 0 Å². The van der Waals surface area contributed by atoms with Gasteiger partial charge < -0.3 is 45.4 Å². The average molecular weight is 832 g/mol. The number of carbonyl (C=O) groups excluding carboxylic acids is 6. The van der Waals surface area contributed by atoms with E-state index in [-0.39, 0.29) is 23.6 Å². The summed E-state index contributed by atoms with van der Waals surface area (Å²) < 4.78 is 9.44. The molecule has 6 amide bonds. The summed E-state index contributed by atoms with van der Waals surface area (Å²) in [5.41, 5.74) is 4.82. The Bertz CT molecular complexity index is 2140. The van der Waals surface area contributed by atoms with Crippen LogP contribution < -0.4 is 26.2 Å². The molecule has 6 rings (SSSR count). The van der Waals surface area contributed by atoms with Gasteiger partial charge >= 0.3 is 12.2 Å². The number of nitrogens with one attached hydrogen (secondary N) is 4. The van der Waals surface area contributed by atoms with Crippen molar-refractivity contribution in [2.45, 2.75) is 76.3 Å². The maximum Gasteiger partial charge on any atom is 0.407 e. The van der Waals surface area contributed by atoms with Gasteiger partial charge in [-0.3, -0.25) is 19.2 Å². The van der Waals surface area contributed by atoms with Crippen LogP contribution in [0.5, 0.6) is 0 Å². The molecule has 2 fully saturated rings. The zero-order chi connectivity index (χ0) is 43.3. The number of anilines is 3. The molecule has 0 bridgehead atoms. The van der Waals surface area contributed by atoms with Crippen molar-refractivity contribution < 1.29 is 38.2 Å². The number of para-hydroxylation sites is 1. The summed E-state index contributed by atoms with van der Waals surface area (Å²) >= 11 is 0. The van der Waals surface area contributed by atoms with E-state index >= 15 is 0 Å². The Morgan fingerprint density at radius 1 is 0.623 bits per heavy atom. The van der Waals surface area contributed by atoms with Gasteiger partial charge in [0.15, 0.2) is 0 Å². The molecule has 2 aliphatic rings. The molecule has 320 valence electrons. The van der Waals surface area contributed by atoms with Gasteiger partial charge in [0.25, 0.3) is 5.91 Å². The molecule has 0 unspecified atom stereocenters. The van der Waals surface area contributed by atoms with Gasteiger partial charge in [-0.2, -0.15) is 0 Å². The fourth-order valence-electron chi connectivity index (χ4n) is 7.78. The summed E-state index contributed by atoms with van der Waals surface area (Å²) in [5, 5.41) is 11.1. The maximum atomic E-state index is 13.8. The van der Waals surface area contributed by atoms with Crippen molar-refractivity contribution in [3.05, 3.63) is 126 Å². The van der Waals surface area contributed by atoms with E-state index in [0.717, 1.165) is 16.8 Å². The Morgan fingerprint density at radius 3 is 1.56 bits per heavy atom. The van der Waals surface area contributed by atoms with Crippen LogP contribution >= 0.6 is 0 Å². The summed E-state index contributed by atoms with van der Waals surface area (Å²) in [6.45, 7) is 3.72. The molecule has 4 N–H and O–H groups in total. The van der Waals surface area contributed by atoms with E-state index in [0.29, 0.717) is 75.2 Å². The molecule has 0 aromatic heterocycles. The highest BCUT2D eigenvalue weighted by atomic mass is 16.5. The standard InChI is InChI=1S/C46H53N7O8/c1-4-37(49-45(58)60-2)43(56)52-27-11-17-38(52)41(54)47-34-23-19-31(20-24-34)29-51(36-15-9-6-10-16-36)30-32-21-25-35(26-22-32)48-42(55)39-18-12-28-53(39)44(57)40(50-46(59)61-3)33-13-7-5-8-14-33/h5-10,13-16,19-26,37-40H,4,11-12,17-18,27-30H2,1-3H3,(H,47,54)(H,48,55)(H,49,58)(H,50,59)/t37-,38-,39-,40+/m0/s1. The predicted molar refractivity (Wildman–Crippen MR) is 230 cm³/mol. The molecule has 2 aliphatic heterocycles. The van der Waals surface area contributed by atoms with Gasteiger partial charge in [-0.1, -0.05) is 79.7 Å². The number of methoxy groups -OCH3 is 2. The average Bonchev–Trinajstić information content (AvgIpc) is 4.00. The van der Waals surface area contributed by atoms with E-state index in [1.807, 2.05) is 84.9 Å². The van der Waals surface area contributed by atoms with Gasteiger partial charge in [-0.15, -0.1) is 0 Å². The molecule has 4 aromatic carbocycles. The number of hydrogen-bond donors (Lipinski definition) is 4. The van der Waals surface area contributed by atoms with Crippen molar-refractivity contribution >= 4 is 52.9 Å². The third-order valence-electron chi connectivity index (χ3n) is 11.0. The van der Waals surface area contributed by atoms with Gasteiger partial charge in [0.05, 0.1) is 14.2 Å². The number of benzene rings is 4. The molecule has 61 heavy (non-hydrogen) atoms. The first-order valence-corrected chi connectivity index (χ1v) is 20.5. The van der Waals surface area contributed by atoms with Crippen LogP contribution in [-0.4, -0.2) is 91.0 Å². The lowest BCUT2D eigenvalue weighted by Crippen LogP contribution is -2.52. The highest BCUT2D eigenvalue weighted by Gasteiger charge is 2.39. The number of hydrogen-bond acceptors (Lipinski definition) is 9. The summed E-state index contributed by atoms with van der Waals surface area (Å²) in [7, 11) is 2.47. The number of rotatable bonds is 15. The quantitative estimate of drug-likeness (QED) is 0.112. The topological polar surface area (TPSA) is 179 Å². The van der Waals surface area contributed by atoms with E-state index in [1.165, 1.54) is 24.0 Å². The first kappa shape index (κ1) is 43.7. The first-order valence-electron chi connectivity index (χ1n) is 20.5. The fraction of sp³-hybridized carbons (Fsp3) is 0.348. The third-order valence-corrected chi connectivity index (χ3v) is 11.0. The second kappa shape index (κ2) is 20.9. The van der Waals surface area contributed by atoms with Crippen molar-refractivity contribution in [1.29, 1.82) is 0 Å². The van der Waals surface area contributed by atoms with E-state index in [1.54, 1.807) is 31.2 Å². The lowest BCUT2D eigenvalue weighted by Gasteiger charge is -2.28. The Hall–Kier alpha value is -6.90. The number of nitrogens with zero attached hydrogens (tertiary/aromatic N) is 3. The number of amides is 6. The highest BCUT2D eigenvalue weighted by Crippen LogP contribution is 2.27.